The highest BCUT2D eigenvalue weighted by Crippen LogP contribution is 2.26. The van der Waals surface area contributed by atoms with Crippen LogP contribution in [0.15, 0.2) is 24.3 Å². The van der Waals surface area contributed by atoms with Gasteiger partial charge in [-0.1, -0.05) is 45.0 Å². The van der Waals surface area contributed by atoms with Crippen LogP contribution in [0.5, 0.6) is 0 Å². The molecule has 2 heteroatoms. The molecule has 1 aliphatic heterocycles. The first-order valence-corrected chi connectivity index (χ1v) is 5.39. The molecular formula is C13H18N2. The van der Waals surface area contributed by atoms with Crippen LogP contribution in [0.1, 0.15) is 31.9 Å². The third kappa shape index (κ3) is 2.04. The molecule has 1 aromatic carbocycles. The third-order valence-electron chi connectivity index (χ3n) is 2.62. The fourth-order valence-electron chi connectivity index (χ4n) is 2.05. The van der Waals surface area contributed by atoms with Crippen molar-refractivity contribution >= 4 is 5.84 Å². The Kier molecular flexibility index (Phi) is 2.29. The van der Waals surface area contributed by atoms with Gasteiger partial charge in [-0.3, -0.25) is 5.41 Å². The summed E-state index contributed by atoms with van der Waals surface area (Å²) < 4.78 is 0. The van der Waals surface area contributed by atoms with Crippen LogP contribution in [0.4, 0.5) is 0 Å². The van der Waals surface area contributed by atoms with Crippen molar-refractivity contribution in [3.05, 3.63) is 35.4 Å². The smallest absolute Gasteiger partial charge is 0.128 e. The summed E-state index contributed by atoms with van der Waals surface area (Å²) in [5, 5.41) is 8.09. The van der Waals surface area contributed by atoms with E-state index >= 15 is 0 Å². The number of fused-ring (bicyclic) bond motifs is 1. The lowest BCUT2D eigenvalue weighted by Crippen LogP contribution is -2.32. The standard InChI is InChI=1S/C13H18N2/c1-13(2,3)9-15-8-10-6-4-5-7-11(10)12(15)14/h4-7,14H,8-9H2,1-3H3. The van der Waals surface area contributed by atoms with Crippen molar-refractivity contribution in [2.45, 2.75) is 27.3 Å². The summed E-state index contributed by atoms with van der Waals surface area (Å²) in [4.78, 5) is 2.16. The van der Waals surface area contributed by atoms with Gasteiger partial charge in [0.25, 0.3) is 0 Å². The summed E-state index contributed by atoms with van der Waals surface area (Å²) in [5.41, 5.74) is 2.63. The van der Waals surface area contributed by atoms with E-state index in [0.717, 1.165) is 18.7 Å². The fourth-order valence-corrected chi connectivity index (χ4v) is 2.05. The topological polar surface area (TPSA) is 27.1 Å². The molecule has 2 rings (SSSR count). The Hall–Kier alpha value is -1.31. The minimum absolute atomic E-state index is 0.244. The Morgan fingerprint density at radius 1 is 1.27 bits per heavy atom. The summed E-state index contributed by atoms with van der Waals surface area (Å²) in [6.07, 6.45) is 0. The van der Waals surface area contributed by atoms with Crippen LogP contribution in [0.25, 0.3) is 0 Å². The molecule has 2 nitrogen and oxygen atoms in total. The highest BCUT2D eigenvalue weighted by atomic mass is 15.2. The number of hydrogen-bond acceptors (Lipinski definition) is 1. The number of nitrogens with one attached hydrogen (secondary N) is 1. The van der Waals surface area contributed by atoms with Crippen molar-refractivity contribution < 1.29 is 0 Å². The Morgan fingerprint density at radius 3 is 2.53 bits per heavy atom. The van der Waals surface area contributed by atoms with Crippen LogP contribution in [0.2, 0.25) is 0 Å². The zero-order chi connectivity index (χ0) is 11.1. The van der Waals surface area contributed by atoms with E-state index in [0.29, 0.717) is 5.84 Å². The first-order valence-electron chi connectivity index (χ1n) is 5.39. The highest BCUT2D eigenvalue weighted by Gasteiger charge is 2.26. The van der Waals surface area contributed by atoms with E-state index in [9.17, 15) is 0 Å². The summed E-state index contributed by atoms with van der Waals surface area (Å²) >= 11 is 0. The van der Waals surface area contributed by atoms with Gasteiger partial charge in [0.2, 0.25) is 0 Å². The van der Waals surface area contributed by atoms with Crippen molar-refractivity contribution in [2.24, 2.45) is 5.41 Å². The van der Waals surface area contributed by atoms with Crippen molar-refractivity contribution in [2.75, 3.05) is 6.54 Å². The lowest BCUT2D eigenvalue weighted by molar-refractivity contribution is 0.276. The second-order valence-electron chi connectivity index (χ2n) is 5.42. The average Bonchev–Trinajstić information content (AvgIpc) is 2.42. The number of rotatable bonds is 1. The van der Waals surface area contributed by atoms with E-state index in [2.05, 4.69) is 31.7 Å². The normalized spacial score (nSPS) is 15.7. The SMILES string of the molecule is CC(C)(C)CN1Cc2ccccc2C1=N. The average molecular weight is 202 g/mol. The van der Waals surface area contributed by atoms with Gasteiger partial charge in [0, 0.05) is 18.7 Å². The molecule has 0 unspecified atom stereocenters. The van der Waals surface area contributed by atoms with Gasteiger partial charge in [0.05, 0.1) is 0 Å². The minimum atomic E-state index is 0.244. The molecule has 0 spiro atoms. The molecule has 0 aliphatic carbocycles. The van der Waals surface area contributed by atoms with Gasteiger partial charge in [-0.15, -0.1) is 0 Å². The number of benzene rings is 1. The molecule has 0 bridgehead atoms. The Labute approximate surface area is 91.4 Å². The molecule has 0 saturated heterocycles. The number of amidine groups is 1. The lowest BCUT2D eigenvalue weighted by atomic mass is 9.96. The molecular weight excluding hydrogens is 184 g/mol. The van der Waals surface area contributed by atoms with Gasteiger partial charge >= 0.3 is 0 Å². The van der Waals surface area contributed by atoms with Crippen molar-refractivity contribution in [3.8, 4) is 0 Å². The van der Waals surface area contributed by atoms with E-state index < -0.39 is 0 Å². The zero-order valence-electron chi connectivity index (χ0n) is 9.67. The Balaban J connectivity index is 2.21. The molecule has 0 aromatic heterocycles. The molecule has 1 aliphatic rings. The third-order valence-corrected chi connectivity index (χ3v) is 2.62. The second kappa shape index (κ2) is 3.37. The molecule has 0 radical (unpaired) electrons. The molecule has 80 valence electrons. The van der Waals surface area contributed by atoms with Crippen LogP contribution < -0.4 is 0 Å². The van der Waals surface area contributed by atoms with E-state index in [1.54, 1.807) is 0 Å². The van der Waals surface area contributed by atoms with Crippen LogP contribution in [0.3, 0.4) is 0 Å². The van der Waals surface area contributed by atoms with Crippen molar-refractivity contribution in [1.82, 2.24) is 4.90 Å². The number of hydrogen-bond donors (Lipinski definition) is 1. The predicted octanol–water partition coefficient (Wildman–Crippen LogP) is 2.87. The van der Waals surface area contributed by atoms with Crippen LogP contribution in [-0.2, 0) is 6.54 Å². The maximum atomic E-state index is 8.09. The monoisotopic (exact) mass is 202 g/mol. The quantitative estimate of drug-likeness (QED) is 0.745. The number of nitrogens with zero attached hydrogens (tertiary/aromatic N) is 1. The van der Waals surface area contributed by atoms with Gasteiger partial charge in [-0.05, 0) is 11.0 Å². The van der Waals surface area contributed by atoms with Gasteiger partial charge in [-0.25, -0.2) is 0 Å². The maximum Gasteiger partial charge on any atom is 0.128 e. The van der Waals surface area contributed by atoms with Gasteiger partial charge in [0.15, 0.2) is 0 Å². The Morgan fingerprint density at radius 2 is 1.93 bits per heavy atom. The molecule has 1 N–H and O–H groups in total. The fraction of sp³-hybridized carbons (Fsp3) is 0.462. The summed E-state index contributed by atoms with van der Waals surface area (Å²) in [6, 6.07) is 8.22. The van der Waals surface area contributed by atoms with Gasteiger partial charge in [-0.2, -0.15) is 0 Å². The molecule has 1 aromatic rings. The predicted molar refractivity (Wildman–Crippen MR) is 63.1 cm³/mol. The summed E-state index contributed by atoms with van der Waals surface area (Å²) in [7, 11) is 0. The van der Waals surface area contributed by atoms with E-state index in [1.807, 2.05) is 18.2 Å². The molecule has 0 fully saturated rings. The van der Waals surface area contributed by atoms with Crippen LogP contribution in [0, 0.1) is 10.8 Å². The summed E-state index contributed by atoms with van der Waals surface area (Å²) in [6.45, 7) is 8.47. The zero-order valence-corrected chi connectivity index (χ0v) is 9.67. The molecule has 1 heterocycles. The van der Waals surface area contributed by atoms with Gasteiger partial charge in [0.1, 0.15) is 5.84 Å². The van der Waals surface area contributed by atoms with Crippen molar-refractivity contribution in [3.63, 3.8) is 0 Å². The first kappa shape index (κ1) is 10.2. The van der Waals surface area contributed by atoms with Crippen LogP contribution >= 0.6 is 0 Å². The molecule has 0 atom stereocenters. The minimum Gasteiger partial charge on any atom is -0.352 e. The second-order valence-corrected chi connectivity index (χ2v) is 5.42. The van der Waals surface area contributed by atoms with Gasteiger partial charge < -0.3 is 4.90 Å². The van der Waals surface area contributed by atoms with E-state index in [-0.39, 0.29) is 5.41 Å². The van der Waals surface area contributed by atoms with Crippen molar-refractivity contribution in [1.29, 1.82) is 5.41 Å². The summed E-state index contributed by atoms with van der Waals surface area (Å²) in [5.74, 6) is 0.681. The van der Waals surface area contributed by atoms with E-state index in [4.69, 9.17) is 5.41 Å². The molecule has 0 saturated carbocycles. The van der Waals surface area contributed by atoms with Crippen LogP contribution in [-0.4, -0.2) is 17.3 Å². The largest absolute Gasteiger partial charge is 0.352 e. The molecule has 15 heavy (non-hydrogen) atoms. The van der Waals surface area contributed by atoms with E-state index in [1.165, 1.54) is 5.56 Å². The lowest BCUT2D eigenvalue weighted by Gasteiger charge is -2.27. The Bertz CT molecular complexity index is 388. The molecule has 0 amide bonds. The highest BCUT2D eigenvalue weighted by molar-refractivity contribution is 6.00. The first-order chi connectivity index (χ1) is 6.97. The maximum absolute atomic E-state index is 8.09.